The van der Waals surface area contributed by atoms with Crippen molar-refractivity contribution in [1.82, 2.24) is 4.98 Å². The van der Waals surface area contributed by atoms with Gasteiger partial charge in [-0.25, -0.2) is 4.98 Å². The molecule has 0 aliphatic carbocycles. The summed E-state index contributed by atoms with van der Waals surface area (Å²) in [7, 11) is 0. The van der Waals surface area contributed by atoms with Gasteiger partial charge in [-0.15, -0.1) is 0 Å². The number of amides is 1. The number of benzene rings is 1. The highest BCUT2D eigenvalue weighted by atomic mass is 16.3. The molecule has 94 valence electrons. The maximum Gasteiger partial charge on any atom is 0.234 e. The molecule has 2 rings (SSSR count). The predicted molar refractivity (Wildman–Crippen MR) is 69.4 cm³/mol. The molecule has 0 radical (unpaired) electrons. The minimum Gasteiger partial charge on any atom is -0.448 e. The van der Waals surface area contributed by atoms with Crippen molar-refractivity contribution in [2.75, 3.05) is 11.4 Å². The van der Waals surface area contributed by atoms with Crippen molar-refractivity contribution in [3.63, 3.8) is 0 Å². The van der Waals surface area contributed by atoms with Crippen LogP contribution in [0.5, 0.6) is 0 Å². The summed E-state index contributed by atoms with van der Waals surface area (Å²) in [5, 5.41) is 0. The third-order valence-corrected chi connectivity index (χ3v) is 2.84. The molecule has 0 aliphatic heterocycles. The fourth-order valence-electron chi connectivity index (χ4n) is 1.84. The van der Waals surface area contributed by atoms with Gasteiger partial charge in [0.25, 0.3) is 0 Å². The molecule has 0 unspecified atom stereocenters. The van der Waals surface area contributed by atoms with Crippen LogP contribution in [0.3, 0.4) is 0 Å². The number of anilines is 1. The van der Waals surface area contributed by atoms with Gasteiger partial charge in [0.2, 0.25) is 5.91 Å². The van der Waals surface area contributed by atoms with Gasteiger partial charge < -0.3 is 9.32 Å². The Balaban J connectivity index is 2.14. The van der Waals surface area contributed by atoms with Crippen molar-refractivity contribution in [1.29, 1.82) is 0 Å². The van der Waals surface area contributed by atoms with E-state index in [1.807, 2.05) is 44.2 Å². The van der Waals surface area contributed by atoms with Crippen LogP contribution >= 0.6 is 0 Å². The van der Waals surface area contributed by atoms with Gasteiger partial charge in [-0.3, -0.25) is 4.79 Å². The Hall–Kier alpha value is -2.10. The monoisotopic (exact) mass is 244 g/mol. The van der Waals surface area contributed by atoms with E-state index in [4.69, 9.17) is 4.42 Å². The van der Waals surface area contributed by atoms with Gasteiger partial charge in [-0.1, -0.05) is 18.2 Å². The molecule has 1 aromatic heterocycles. The molecule has 0 atom stereocenters. The number of para-hydroxylation sites is 1. The van der Waals surface area contributed by atoms with Crippen molar-refractivity contribution in [2.45, 2.75) is 20.3 Å². The minimum atomic E-state index is 0.0172. The van der Waals surface area contributed by atoms with Crippen LogP contribution in [-0.4, -0.2) is 17.4 Å². The lowest BCUT2D eigenvalue weighted by molar-refractivity contribution is -0.118. The van der Waals surface area contributed by atoms with E-state index in [0.29, 0.717) is 12.3 Å². The SMILES string of the molecule is CCN(C(=O)Cc1ocnc1C)c1ccccc1. The highest BCUT2D eigenvalue weighted by Crippen LogP contribution is 2.15. The average Bonchev–Trinajstić information content (AvgIpc) is 2.77. The first kappa shape index (κ1) is 12.4. The summed E-state index contributed by atoms with van der Waals surface area (Å²) in [6, 6.07) is 9.63. The van der Waals surface area contributed by atoms with E-state index < -0.39 is 0 Å². The molecule has 0 spiro atoms. The summed E-state index contributed by atoms with van der Waals surface area (Å²) in [6.45, 7) is 4.43. The molecule has 2 aromatic rings. The molecule has 4 heteroatoms. The van der Waals surface area contributed by atoms with Crippen molar-refractivity contribution in [3.05, 3.63) is 48.2 Å². The summed E-state index contributed by atoms with van der Waals surface area (Å²) in [6.07, 6.45) is 1.62. The zero-order valence-corrected chi connectivity index (χ0v) is 10.6. The molecular formula is C14H16N2O2. The Morgan fingerprint density at radius 2 is 2.06 bits per heavy atom. The smallest absolute Gasteiger partial charge is 0.234 e. The van der Waals surface area contributed by atoms with E-state index in [0.717, 1.165) is 11.4 Å². The van der Waals surface area contributed by atoms with Crippen LogP contribution in [0.4, 0.5) is 5.69 Å². The number of rotatable bonds is 4. The standard InChI is InChI=1S/C14H16N2O2/c1-3-16(12-7-5-4-6-8-12)14(17)9-13-11(2)15-10-18-13/h4-8,10H,3,9H2,1-2H3. The summed E-state index contributed by atoms with van der Waals surface area (Å²) in [4.78, 5) is 18.0. The lowest BCUT2D eigenvalue weighted by Gasteiger charge is -2.20. The molecule has 0 saturated heterocycles. The maximum absolute atomic E-state index is 12.2. The summed E-state index contributed by atoms with van der Waals surface area (Å²) in [5.74, 6) is 0.651. The maximum atomic E-state index is 12.2. The Kier molecular flexibility index (Phi) is 3.77. The number of aromatic nitrogens is 1. The predicted octanol–water partition coefficient (Wildman–Crippen LogP) is 2.58. The van der Waals surface area contributed by atoms with Crippen molar-refractivity contribution >= 4 is 11.6 Å². The van der Waals surface area contributed by atoms with Crippen molar-refractivity contribution in [2.24, 2.45) is 0 Å². The van der Waals surface area contributed by atoms with Crippen molar-refractivity contribution < 1.29 is 9.21 Å². The highest BCUT2D eigenvalue weighted by molar-refractivity contribution is 5.94. The second-order valence-electron chi connectivity index (χ2n) is 4.01. The fraction of sp³-hybridized carbons (Fsp3) is 0.286. The topological polar surface area (TPSA) is 46.3 Å². The number of carbonyl (C=O) groups excluding carboxylic acids is 1. The molecule has 18 heavy (non-hydrogen) atoms. The lowest BCUT2D eigenvalue weighted by atomic mass is 10.2. The molecule has 0 N–H and O–H groups in total. The van der Waals surface area contributed by atoms with E-state index in [2.05, 4.69) is 4.98 Å². The van der Waals surface area contributed by atoms with Gasteiger partial charge in [0.05, 0.1) is 12.1 Å². The zero-order valence-electron chi connectivity index (χ0n) is 10.6. The number of likely N-dealkylation sites (N-methyl/N-ethyl adjacent to an activating group) is 1. The Morgan fingerprint density at radius 3 is 2.61 bits per heavy atom. The second-order valence-corrected chi connectivity index (χ2v) is 4.01. The molecule has 0 saturated carbocycles. The minimum absolute atomic E-state index is 0.0172. The summed E-state index contributed by atoms with van der Waals surface area (Å²) in [5.41, 5.74) is 1.68. The Labute approximate surface area is 106 Å². The number of hydrogen-bond acceptors (Lipinski definition) is 3. The molecule has 1 amide bonds. The largest absolute Gasteiger partial charge is 0.448 e. The quantitative estimate of drug-likeness (QED) is 0.830. The van der Waals surface area contributed by atoms with Crippen LogP contribution in [0, 0.1) is 6.92 Å². The molecule has 1 heterocycles. The van der Waals surface area contributed by atoms with Crippen LogP contribution in [-0.2, 0) is 11.2 Å². The van der Waals surface area contributed by atoms with Crippen LogP contribution in [0.2, 0.25) is 0 Å². The van der Waals surface area contributed by atoms with Gasteiger partial charge in [-0.2, -0.15) is 0 Å². The van der Waals surface area contributed by atoms with E-state index in [9.17, 15) is 4.79 Å². The van der Waals surface area contributed by atoms with Crippen molar-refractivity contribution in [3.8, 4) is 0 Å². The van der Waals surface area contributed by atoms with Gasteiger partial charge >= 0.3 is 0 Å². The van der Waals surface area contributed by atoms with Gasteiger partial charge in [0.15, 0.2) is 6.39 Å². The fourth-order valence-corrected chi connectivity index (χ4v) is 1.84. The number of carbonyl (C=O) groups is 1. The molecular weight excluding hydrogens is 228 g/mol. The van der Waals surface area contributed by atoms with Gasteiger partial charge in [0, 0.05) is 12.2 Å². The van der Waals surface area contributed by atoms with E-state index in [1.54, 1.807) is 4.90 Å². The first-order chi connectivity index (χ1) is 8.72. The van der Waals surface area contributed by atoms with Gasteiger partial charge in [-0.05, 0) is 26.0 Å². The first-order valence-electron chi connectivity index (χ1n) is 5.96. The summed E-state index contributed by atoms with van der Waals surface area (Å²) >= 11 is 0. The average molecular weight is 244 g/mol. The van der Waals surface area contributed by atoms with E-state index in [-0.39, 0.29) is 12.3 Å². The Bertz CT molecular complexity index is 520. The van der Waals surface area contributed by atoms with Crippen LogP contribution in [0.15, 0.2) is 41.1 Å². The lowest BCUT2D eigenvalue weighted by Crippen LogP contribution is -2.32. The number of nitrogens with zero attached hydrogens (tertiary/aromatic N) is 2. The molecule has 4 nitrogen and oxygen atoms in total. The normalized spacial score (nSPS) is 10.3. The summed E-state index contributed by atoms with van der Waals surface area (Å²) < 4.78 is 5.21. The number of hydrogen-bond donors (Lipinski definition) is 0. The Morgan fingerprint density at radius 1 is 1.33 bits per heavy atom. The molecule has 0 bridgehead atoms. The van der Waals surface area contributed by atoms with Crippen LogP contribution < -0.4 is 4.90 Å². The third kappa shape index (κ3) is 2.59. The van der Waals surface area contributed by atoms with Gasteiger partial charge in [0.1, 0.15) is 5.76 Å². The van der Waals surface area contributed by atoms with Crippen LogP contribution in [0.25, 0.3) is 0 Å². The molecule has 0 aliphatic rings. The number of aryl methyl sites for hydroxylation is 1. The number of oxazole rings is 1. The van der Waals surface area contributed by atoms with Crippen LogP contribution in [0.1, 0.15) is 18.4 Å². The molecule has 0 fully saturated rings. The van der Waals surface area contributed by atoms with E-state index in [1.165, 1.54) is 6.39 Å². The van der Waals surface area contributed by atoms with E-state index >= 15 is 0 Å². The first-order valence-corrected chi connectivity index (χ1v) is 5.96. The third-order valence-electron chi connectivity index (χ3n) is 2.84. The second kappa shape index (κ2) is 5.49. The zero-order chi connectivity index (χ0) is 13.0. The molecule has 1 aromatic carbocycles. The highest BCUT2D eigenvalue weighted by Gasteiger charge is 2.17.